The lowest BCUT2D eigenvalue weighted by atomic mass is 9.96. The smallest absolute Gasteiger partial charge is 0.246 e. The van der Waals surface area contributed by atoms with Crippen molar-refractivity contribution in [3.63, 3.8) is 0 Å². The standard InChI is InChI=1S/C22H26Cl2N2O3S/c1-4-26(18-13-15(2)12-16(3)14-18)22(27)17-8-10-25(11-9-17)30(28,29)21-19(23)6-5-7-20(21)24/h5-7,12-14,17H,4,8-11H2,1-3H3. The summed E-state index contributed by atoms with van der Waals surface area (Å²) < 4.78 is 27.5. The third-order valence-corrected chi connectivity index (χ3v) is 8.28. The van der Waals surface area contributed by atoms with Crippen molar-refractivity contribution in [3.8, 4) is 0 Å². The minimum atomic E-state index is -3.82. The molecule has 0 aliphatic carbocycles. The predicted molar refractivity (Wildman–Crippen MR) is 122 cm³/mol. The highest BCUT2D eigenvalue weighted by atomic mass is 35.5. The summed E-state index contributed by atoms with van der Waals surface area (Å²) >= 11 is 12.2. The molecular formula is C22H26Cl2N2O3S. The Morgan fingerprint density at radius 1 is 1.07 bits per heavy atom. The first-order chi connectivity index (χ1) is 14.1. The Kier molecular flexibility index (Phi) is 7.13. The van der Waals surface area contributed by atoms with Crippen LogP contribution in [0.15, 0.2) is 41.3 Å². The maximum absolute atomic E-state index is 13.2. The molecule has 1 aliphatic heterocycles. The second-order valence-electron chi connectivity index (χ2n) is 7.66. The van der Waals surface area contributed by atoms with Crippen molar-refractivity contribution in [2.45, 2.75) is 38.5 Å². The zero-order valence-corrected chi connectivity index (χ0v) is 19.7. The normalized spacial score (nSPS) is 15.9. The van der Waals surface area contributed by atoms with Crippen LogP contribution in [0.4, 0.5) is 5.69 Å². The lowest BCUT2D eigenvalue weighted by Crippen LogP contribution is -2.44. The molecule has 8 heteroatoms. The van der Waals surface area contributed by atoms with Gasteiger partial charge in [0, 0.05) is 31.2 Å². The molecule has 0 atom stereocenters. The van der Waals surface area contributed by atoms with Crippen LogP contribution in [0.2, 0.25) is 10.0 Å². The van der Waals surface area contributed by atoms with Gasteiger partial charge in [-0.15, -0.1) is 0 Å². The third-order valence-electron chi connectivity index (χ3n) is 5.42. The quantitative estimate of drug-likeness (QED) is 0.615. The Labute approximate surface area is 188 Å². The Balaban J connectivity index is 1.75. The molecule has 2 aromatic carbocycles. The fourth-order valence-corrected chi connectivity index (χ4v) is 6.55. The maximum atomic E-state index is 13.2. The number of piperidine rings is 1. The molecule has 0 bridgehead atoms. The number of sulfonamides is 1. The molecule has 0 saturated carbocycles. The largest absolute Gasteiger partial charge is 0.312 e. The topological polar surface area (TPSA) is 57.7 Å². The fourth-order valence-electron chi connectivity index (χ4n) is 3.99. The maximum Gasteiger partial charge on any atom is 0.246 e. The highest BCUT2D eigenvalue weighted by Gasteiger charge is 2.35. The van der Waals surface area contributed by atoms with Crippen LogP contribution in [0.5, 0.6) is 0 Å². The van der Waals surface area contributed by atoms with E-state index in [2.05, 4.69) is 6.07 Å². The number of benzene rings is 2. The predicted octanol–water partition coefficient (Wildman–Crippen LogP) is 5.06. The Morgan fingerprint density at radius 3 is 2.10 bits per heavy atom. The molecule has 0 radical (unpaired) electrons. The molecular weight excluding hydrogens is 443 g/mol. The van der Waals surface area contributed by atoms with E-state index in [1.807, 2.05) is 32.9 Å². The zero-order chi connectivity index (χ0) is 22.1. The van der Waals surface area contributed by atoms with Crippen LogP contribution < -0.4 is 4.90 Å². The van der Waals surface area contributed by atoms with Gasteiger partial charge in [0.05, 0.1) is 10.0 Å². The van der Waals surface area contributed by atoms with E-state index in [0.29, 0.717) is 19.4 Å². The fraction of sp³-hybridized carbons (Fsp3) is 0.409. The molecule has 1 fully saturated rings. The van der Waals surface area contributed by atoms with Crippen molar-refractivity contribution in [1.29, 1.82) is 0 Å². The molecule has 1 heterocycles. The van der Waals surface area contributed by atoms with Gasteiger partial charge < -0.3 is 4.90 Å². The third kappa shape index (κ3) is 4.67. The molecule has 2 aromatic rings. The van der Waals surface area contributed by atoms with Crippen molar-refractivity contribution in [2.24, 2.45) is 5.92 Å². The number of rotatable bonds is 5. The van der Waals surface area contributed by atoms with Gasteiger partial charge in [0.1, 0.15) is 4.90 Å². The summed E-state index contributed by atoms with van der Waals surface area (Å²) in [5.41, 5.74) is 3.10. The minimum absolute atomic E-state index is 0.0373. The minimum Gasteiger partial charge on any atom is -0.312 e. The molecule has 1 aliphatic rings. The van der Waals surface area contributed by atoms with Crippen LogP contribution in [0.25, 0.3) is 0 Å². The van der Waals surface area contributed by atoms with E-state index in [0.717, 1.165) is 16.8 Å². The monoisotopic (exact) mass is 468 g/mol. The van der Waals surface area contributed by atoms with Crippen LogP contribution in [-0.2, 0) is 14.8 Å². The van der Waals surface area contributed by atoms with Crippen LogP contribution in [0, 0.1) is 19.8 Å². The van der Waals surface area contributed by atoms with Crippen molar-refractivity contribution in [2.75, 3.05) is 24.5 Å². The number of carbonyl (C=O) groups excluding carboxylic acids is 1. The van der Waals surface area contributed by atoms with E-state index in [1.54, 1.807) is 11.0 Å². The van der Waals surface area contributed by atoms with Gasteiger partial charge in [-0.05, 0) is 69.0 Å². The summed E-state index contributed by atoms with van der Waals surface area (Å²) in [6.45, 7) is 7.05. The molecule has 1 amide bonds. The van der Waals surface area contributed by atoms with Gasteiger partial charge in [-0.25, -0.2) is 8.42 Å². The summed E-state index contributed by atoms with van der Waals surface area (Å²) in [7, 11) is -3.82. The average molecular weight is 469 g/mol. The number of hydrogen-bond donors (Lipinski definition) is 0. The zero-order valence-electron chi connectivity index (χ0n) is 17.4. The van der Waals surface area contributed by atoms with E-state index < -0.39 is 10.0 Å². The van der Waals surface area contributed by atoms with Crippen molar-refractivity contribution in [1.82, 2.24) is 4.31 Å². The van der Waals surface area contributed by atoms with Gasteiger partial charge in [0.25, 0.3) is 0 Å². The van der Waals surface area contributed by atoms with E-state index >= 15 is 0 Å². The Bertz CT molecular complexity index is 1010. The molecule has 0 N–H and O–H groups in total. The highest BCUT2D eigenvalue weighted by molar-refractivity contribution is 7.89. The molecule has 30 heavy (non-hydrogen) atoms. The molecule has 1 saturated heterocycles. The number of aryl methyl sites for hydroxylation is 2. The molecule has 3 rings (SSSR count). The molecule has 0 unspecified atom stereocenters. The van der Waals surface area contributed by atoms with Crippen molar-refractivity contribution >= 4 is 44.8 Å². The highest BCUT2D eigenvalue weighted by Crippen LogP contribution is 2.34. The van der Waals surface area contributed by atoms with E-state index in [-0.39, 0.29) is 39.9 Å². The summed E-state index contributed by atoms with van der Waals surface area (Å²) in [5.74, 6) is -0.186. The number of amides is 1. The van der Waals surface area contributed by atoms with Crippen LogP contribution >= 0.6 is 23.2 Å². The number of halogens is 2. The summed E-state index contributed by atoms with van der Waals surface area (Å²) in [6, 6.07) is 10.7. The molecule has 0 spiro atoms. The summed E-state index contributed by atoms with van der Waals surface area (Å²) in [4.78, 5) is 14.9. The van der Waals surface area contributed by atoms with E-state index in [9.17, 15) is 13.2 Å². The van der Waals surface area contributed by atoms with Gasteiger partial charge in [-0.1, -0.05) is 35.3 Å². The molecule has 0 aromatic heterocycles. The molecule has 162 valence electrons. The van der Waals surface area contributed by atoms with Crippen molar-refractivity contribution in [3.05, 3.63) is 57.6 Å². The summed E-state index contributed by atoms with van der Waals surface area (Å²) in [6.07, 6.45) is 0.920. The molecule has 5 nitrogen and oxygen atoms in total. The van der Waals surface area contributed by atoms with Crippen molar-refractivity contribution < 1.29 is 13.2 Å². The first kappa shape index (κ1) is 23.1. The van der Waals surface area contributed by atoms with E-state index in [4.69, 9.17) is 23.2 Å². The van der Waals surface area contributed by atoms with Gasteiger partial charge in [0.15, 0.2) is 0 Å². The second kappa shape index (κ2) is 9.27. The van der Waals surface area contributed by atoms with Gasteiger partial charge >= 0.3 is 0 Å². The van der Waals surface area contributed by atoms with Crippen LogP contribution in [0.3, 0.4) is 0 Å². The van der Waals surface area contributed by atoms with E-state index in [1.165, 1.54) is 16.4 Å². The van der Waals surface area contributed by atoms with Gasteiger partial charge in [-0.2, -0.15) is 4.31 Å². The SMILES string of the molecule is CCN(C(=O)C1CCN(S(=O)(=O)c2c(Cl)cccc2Cl)CC1)c1cc(C)cc(C)c1. The second-order valence-corrected chi connectivity index (χ2v) is 10.3. The summed E-state index contributed by atoms with van der Waals surface area (Å²) in [5, 5.41) is 0.209. The lowest BCUT2D eigenvalue weighted by molar-refractivity contribution is -0.123. The number of anilines is 1. The first-order valence-corrected chi connectivity index (χ1v) is 12.2. The van der Waals surface area contributed by atoms with Crippen LogP contribution in [-0.4, -0.2) is 38.3 Å². The Morgan fingerprint density at radius 2 is 1.60 bits per heavy atom. The first-order valence-electron chi connectivity index (χ1n) is 9.99. The van der Waals surface area contributed by atoms with Crippen LogP contribution in [0.1, 0.15) is 30.9 Å². The number of carbonyl (C=O) groups is 1. The van der Waals surface area contributed by atoms with Gasteiger partial charge in [-0.3, -0.25) is 4.79 Å². The van der Waals surface area contributed by atoms with Gasteiger partial charge in [0.2, 0.25) is 15.9 Å². The Hall–Kier alpha value is -1.60. The average Bonchev–Trinajstić information content (AvgIpc) is 2.67. The lowest BCUT2D eigenvalue weighted by Gasteiger charge is -2.33. The number of hydrogen-bond acceptors (Lipinski definition) is 3. The number of nitrogens with zero attached hydrogens (tertiary/aromatic N) is 2.